The summed E-state index contributed by atoms with van der Waals surface area (Å²) in [5, 5.41) is 17.4. The Hall–Kier alpha value is -2.81. The van der Waals surface area contributed by atoms with Crippen molar-refractivity contribution in [2.75, 3.05) is 5.32 Å². The van der Waals surface area contributed by atoms with E-state index in [-0.39, 0.29) is 18.3 Å². The summed E-state index contributed by atoms with van der Waals surface area (Å²) < 4.78 is 2.20. The maximum atomic E-state index is 11.9. The molecule has 0 radical (unpaired) electrons. The molecule has 1 N–H and O–H groups in total. The van der Waals surface area contributed by atoms with Crippen molar-refractivity contribution in [3.63, 3.8) is 0 Å². The first-order valence-electron chi connectivity index (χ1n) is 6.36. The molecule has 3 rings (SSSR count). The zero-order valence-electron chi connectivity index (χ0n) is 11.5. The summed E-state index contributed by atoms with van der Waals surface area (Å²) in [6.07, 6.45) is 1.39. The first-order valence-corrected chi connectivity index (χ1v) is 7.18. The Morgan fingerprint density at radius 3 is 3.00 bits per heavy atom. The first kappa shape index (κ1) is 14.1. The quantitative estimate of drug-likeness (QED) is 0.587. The number of hydrogen-bond donors (Lipinski definition) is 1. The summed E-state index contributed by atoms with van der Waals surface area (Å²) in [4.78, 5) is 26.2. The third-order valence-electron chi connectivity index (χ3n) is 2.91. The molecule has 9 heteroatoms. The third kappa shape index (κ3) is 2.93. The molecular formula is C13H11N5O3S. The highest BCUT2D eigenvalue weighted by Crippen LogP contribution is 2.26. The van der Waals surface area contributed by atoms with E-state index in [0.717, 1.165) is 15.8 Å². The molecule has 2 heterocycles. The van der Waals surface area contributed by atoms with Gasteiger partial charge in [0.05, 0.1) is 27.6 Å². The second-order valence-electron chi connectivity index (χ2n) is 4.67. The molecule has 0 bridgehead atoms. The van der Waals surface area contributed by atoms with Crippen LogP contribution < -0.4 is 5.32 Å². The normalized spacial score (nSPS) is 10.8. The minimum atomic E-state index is -0.607. The summed E-state index contributed by atoms with van der Waals surface area (Å²) in [5.74, 6) is -0.628. The van der Waals surface area contributed by atoms with Gasteiger partial charge in [-0.1, -0.05) is 17.4 Å². The van der Waals surface area contributed by atoms with Crippen LogP contribution in [-0.2, 0) is 11.3 Å². The molecular weight excluding hydrogens is 306 g/mol. The van der Waals surface area contributed by atoms with Crippen molar-refractivity contribution in [2.24, 2.45) is 0 Å². The Bertz CT molecular complexity index is 870. The van der Waals surface area contributed by atoms with Gasteiger partial charge in [0.25, 0.3) is 0 Å². The molecule has 0 aliphatic rings. The fraction of sp³-hybridized carbons (Fsp3) is 0.154. The molecule has 112 valence electrons. The van der Waals surface area contributed by atoms with Gasteiger partial charge in [0.1, 0.15) is 6.54 Å². The van der Waals surface area contributed by atoms with E-state index < -0.39 is 4.92 Å². The molecule has 0 fully saturated rings. The van der Waals surface area contributed by atoms with E-state index in [4.69, 9.17) is 0 Å². The summed E-state index contributed by atoms with van der Waals surface area (Å²) in [6.45, 7) is 1.88. The topological polar surface area (TPSA) is 103 Å². The first-order chi connectivity index (χ1) is 10.5. The lowest BCUT2D eigenvalue weighted by atomic mass is 10.2. The van der Waals surface area contributed by atoms with Crippen LogP contribution in [0.25, 0.3) is 10.2 Å². The van der Waals surface area contributed by atoms with Gasteiger partial charge in [-0.05, 0) is 29.5 Å². The minimum Gasteiger partial charge on any atom is -0.358 e. The van der Waals surface area contributed by atoms with E-state index in [1.165, 1.54) is 28.3 Å². The van der Waals surface area contributed by atoms with Crippen LogP contribution >= 0.6 is 11.3 Å². The molecule has 0 saturated heterocycles. The van der Waals surface area contributed by atoms with Crippen molar-refractivity contribution in [2.45, 2.75) is 13.5 Å². The molecule has 0 atom stereocenters. The summed E-state index contributed by atoms with van der Waals surface area (Å²) >= 11 is 1.38. The van der Waals surface area contributed by atoms with E-state index in [0.29, 0.717) is 5.13 Å². The maximum absolute atomic E-state index is 11.9. The molecule has 0 saturated carbocycles. The van der Waals surface area contributed by atoms with Gasteiger partial charge in [0.15, 0.2) is 5.13 Å². The smallest absolute Gasteiger partial charge is 0.358 e. The predicted octanol–water partition coefficient (Wildman–Crippen LogP) is 2.35. The standard InChI is InChI=1S/C13H11N5O3S/c1-8-2-3-9-10(6-8)22-13(14-9)15-12(19)7-17-5-4-11(16-17)18(20)21/h2-6H,7H2,1H3,(H,14,15,19). The number of aryl methyl sites for hydroxylation is 1. The molecule has 2 aromatic heterocycles. The van der Waals surface area contributed by atoms with E-state index in [2.05, 4.69) is 15.4 Å². The lowest BCUT2D eigenvalue weighted by Crippen LogP contribution is -2.19. The number of carbonyl (C=O) groups is 1. The number of amides is 1. The van der Waals surface area contributed by atoms with Crippen molar-refractivity contribution >= 4 is 38.4 Å². The van der Waals surface area contributed by atoms with Crippen molar-refractivity contribution in [3.05, 3.63) is 46.1 Å². The van der Waals surface area contributed by atoms with E-state index in [1.54, 1.807) is 0 Å². The number of anilines is 1. The number of nitro groups is 1. The van der Waals surface area contributed by atoms with Crippen molar-refractivity contribution < 1.29 is 9.72 Å². The predicted molar refractivity (Wildman–Crippen MR) is 81.9 cm³/mol. The Kier molecular flexibility index (Phi) is 3.55. The van der Waals surface area contributed by atoms with Crippen LogP contribution in [0.15, 0.2) is 30.5 Å². The number of hydrogen-bond acceptors (Lipinski definition) is 6. The fourth-order valence-electron chi connectivity index (χ4n) is 1.93. The van der Waals surface area contributed by atoms with Crippen LogP contribution in [0.4, 0.5) is 10.9 Å². The second-order valence-corrected chi connectivity index (χ2v) is 5.70. The molecule has 1 aromatic carbocycles. The third-order valence-corrected chi connectivity index (χ3v) is 3.84. The fourth-order valence-corrected chi connectivity index (χ4v) is 2.91. The van der Waals surface area contributed by atoms with Crippen LogP contribution in [0.1, 0.15) is 5.56 Å². The van der Waals surface area contributed by atoms with Gasteiger partial charge in [-0.2, -0.15) is 4.68 Å². The second kappa shape index (κ2) is 5.53. The Labute approximate surface area is 128 Å². The Morgan fingerprint density at radius 2 is 2.27 bits per heavy atom. The zero-order chi connectivity index (χ0) is 15.7. The zero-order valence-corrected chi connectivity index (χ0v) is 12.3. The molecule has 0 aliphatic carbocycles. The van der Waals surface area contributed by atoms with Crippen molar-refractivity contribution in [3.8, 4) is 0 Å². The van der Waals surface area contributed by atoms with Crippen LogP contribution in [0.5, 0.6) is 0 Å². The van der Waals surface area contributed by atoms with Gasteiger partial charge in [0, 0.05) is 0 Å². The molecule has 0 unspecified atom stereocenters. The lowest BCUT2D eigenvalue weighted by Gasteiger charge is -1.98. The van der Waals surface area contributed by atoms with Crippen LogP contribution in [-0.4, -0.2) is 25.6 Å². The number of aromatic nitrogens is 3. The van der Waals surface area contributed by atoms with Gasteiger partial charge >= 0.3 is 5.82 Å². The summed E-state index contributed by atoms with van der Waals surface area (Å²) in [5.41, 5.74) is 1.94. The van der Waals surface area contributed by atoms with Gasteiger partial charge in [0.2, 0.25) is 5.91 Å². The SMILES string of the molecule is Cc1ccc2nc(NC(=O)Cn3ccc([N+](=O)[O-])n3)sc2c1. The van der Waals surface area contributed by atoms with Crippen LogP contribution in [0.2, 0.25) is 0 Å². The number of carbonyl (C=O) groups excluding carboxylic acids is 1. The average Bonchev–Trinajstić information content (AvgIpc) is 3.04. The Balaban J connectivity index is 1.70. The van der Waals surface area contributed by atoms with Crippen molar-refractivity contribution in [1.29, 1.82) is 0 Å². The molecule has 0 aliphatic heterocycles. The number of fused-ring (bicyclic) bond motifs is 1. The number of nitrogens with one attached hydrogen (secondary N) is 1. The summed E-state index contributed by atoms with van der Waals surface area (Å²) in [7, 11) is 0. The van der Waals surface area contributed by atoms with Crippen LogP contribution in [0.3, 0.4) is 0 Å². The lowest BCUT2D eigenvalue weighted by molar-refractivity contribution is -0.389. The monoisotopic (exact) mass is 317 g/mol. The molecule has 0 spiro atoms. The largest absolute Gasteiger partial charge is 0.389 e. The minimum absolute atomic E-state index is 0.108. The number of benzene rings is 1. The van der Waals surface area contributed by atoms with Gasteiger partial charge in [-0.3, -0.25) is 4.79 Å². The van der Waals surface area contributed by atoms with E-state index >= 15 is 0 Å². The van der Waals surface area contributed by atoms with E-state index in [9.17, 15) is 14.9 Å². The van der Waals surface area contributed by atoms with E-state index in [1.807, 2.05) is 25.1 Å². The highest BCUT2D eigenvalue weighted by molar-refractivity contribution is 7.22. The summed E-state index contributed by atoms with van der Waals surface area (Å²) in [6, 6.07) is 7.09. The highest BCUT2D eigenvalue weighted by atomic mass is 32.1. The average molecular weight is 317 g/mol. The number of nitrogens with zero attached hydrogens (tertiary/aromatic N) is 4. The van der Waals surface area contributed by atoms with Crippen LogP contribution in [0, 0.1) is 17.0 Å². The van der Waals surface area contributed by atoms with Crippen molar-refractivity contribution in [1.82, 2.24) is 14.8 Å². The number of rotatable bonds is 4. The highest BCUT2D eigenvalue weighted by Gasteiger charge is 2.14. The molecule has 1 amide bonds. The van der Waals surface area contributed by atoms with Gasteiger partial charge in [-0.15, -0.1) is 0 Å². The van der Waals surface area contributed by atoms with Gasteiger partial charge in [-0.25, -0.2) is 4.98 Å². The molecule has 22 heavy (non-hydrogen) atoms. The Morgan fingerprint density at radius 1 is 1.45 bits per heavy atom. The molecule has 8 nitrogen and oxygen atoms in total. The molecule has 3 aromatic rings. The van der Waals surface area contributed by atoms with Gasteiger partial charge < -0.3 is 15.4 Å². The number of thiazole rings is 1. The maximum Gasteiger partial charge on any atom is 0.389 e.